The Morgan fingerprint density at radius 2 is 1.89 bits per heavy atom. The summed E-state index contributed by atoms with van der Waals surface area (Å²) in [4.78, 5) is 42.9. The number of thioether (sulfide) groups is 1. The second kappa shape index (κ2) is 10.5. The summed E-state index contributed by atoms with van der Waals surface area (Å²) in [6, 6.07) is 11.8. The number of ether oxygens (including phenoxy) is 1. The number of fused-ring (bicyclic) bond motifs is 3. The molecular formula is C26H28FN3O5S. The van der Waals surface area contributed by atoms with Gasteiger partial charge in [0, 0.05) is 17.9 Å². The molecule has 2 aromatic rings. The maximum absolute atomic E-state index is 14.8. The number of para-hydroxylation sites is 1. The highest BCUT2D eigenvalue weighted by Gasteiger charge is 2.38. The molecule has 36 heavy (non-hydrogen) atoms. The Balaban J connectivity index is 1.37. The lowest BCUT2D eigenvalue weighted by atomic mass is 9.86. The van der Waals surface area contributed by atoms with Crippen molar-refractivity contribution >= 4 is 35.4 Å². The van der Waals surface area contributed by atoms with E-state index < -0.39 is 23.9 Å². The number of rotatable bonds is 6. The van der Waals surface area contributed by atoms with Crippen molar-refractivity contribution in [3.8, 4) is 0 Å². The minimum absolute atomic E-state index is 0.000896. The number of carbonyl (C=O) groups is 3. The van der Waals surface area contributed by atoms with Gasteiger partial charge < -0.3 is 14.7 Å². The van der Waals surface area contributed by atoms with Crippen molar-refractivity contribution in [3.63, 3.8) is 0 Å². The fourth-order valence-electron chi connectivity index (χ4n) is 5.15. The predicted molar refractivity (Wildman–Crippen MR) is 133 cm³/mol. The molecule has 4 saturated heterocycles. The van der Waals surface area contributed by atoms with Crippen LogP contribution in [0.25, 0.3) is 0 Å². The molecule has 4 fully saturated rings. The fraction of sp³-hybridized carbons (Fsp3) is 0.423. The van der Waals surface area contributed by atoms with E-state index in [-0.39, 0.29) is 24.2 Å². The zero-order valence-electron chi connectivity index (χ0n) is 19.7. The number of aliphatic carboxylic acids is 1. The van der Waals surface area contributed by atoms with Gasteiger partial charge in [-0.25, -0.2) is 14.0 Å². The number of anilines is 1. The largest absolute Gasteiger partial charge is 0.480 e. The molecule has 0 radical (unpaired) electrons. The highest BCUT2D eigenvalue weighted by Crippen LogP contribution is 2.31. The van der Waals surface area contributed by atoms with E-state index in [4.69, 9.17) is 4.74 Å². The smallest absolute Gasteiger partial charge is 0.415 e. The van der Waals surface area contributed by atoms with Crippen molar-refractivity contribution in [3.05, 3.63) is 65.5 Å². The molecule has 2 bridgehead atoms. The molecule has 0 aliphatic carbocycles. The lowest BCUT2D eigenvalue weighted by Gasteiger charge is -2.44. The van der Waals surface area contributed by atoms with E-state index in [1.165, 1.54) is 33.7 Å². The number of benzene rings is 2. The molecule has 2 amide bonds. The Kier molecular flexibility index (Phi) is 7.15. The van der Waals surface area contributed by atoms with E-state index in [1.54, 1.807) is 36.4 Å². The lowest BCUT2D eigenvalue weighted by Crippen LogP contribution is -2.53. The summed E-state index contributed by atoms with van der Waals surface area (Å²) in [7, 11) is 0. The molecule has 6 rings (SSSR count). The summed E-state index contributed by atoms with van der Waals surface area (Å²) in [5.74, 6) is -1.02. The first kappa shape index (κ1) is 24.6. The van der Waals surface area contributed by atoms with Gasteiger partial charge in [0.05, 0.1) is 18.1 Å². The molecule has 4 heterocycles. The van der Waals surface area contributed by atoms with Gasteiger partial charge in [0.2, 0.25) is 0 Å². The fourth-order valence-corrected chi connectivity index (χ4v) is 6.30. The number of halogens is 1. The van der Waals surface area contributed by atoms with Crippen LogP contribution in [-0.4, -0.2) is 76.3 Å². The third kappa shape index (κ3) is 5.05. The summed E-state index contributed by atoms with van der Waals surface area (Å²) in [6.45, 7) is 2.70. The third-order valence-electron chi connectivity index (χ3n) is 7.15. The van der Waals surface area contributed by atoms with E-state index in [0.717, 1.165) is 25.9 Å². The Labute approximate surface area is 213 Å². The van der Waals surface area contributed by atoms with Crippen LogP contribution in [0.3, 0.4) is 0 Å². The molecule has 0 saturated carbocycles. The minimum atomic E-state index is -1.04. The number of carbonyl (C=O) groups excluding carboxylic acids is 2. The number of nitrogens with zero attached hydrogens (tertiary/aromatic N) is 3. The monoisotopic (exact) mass is 513 g/mol. The highest BCUT2D eigenvalue weighted by molar-refractivity contribution is 7.99. The lowest BCUT2D eigenvalue weighted by molar-refractivity contribution is -0.140. The zero-order valence-corrected chi connectivity index (χ0v) is 20.5. The number of amides is 2. The van der Waals surface area contributed by atoms with Gasteiger partial charge in [-0.2, -0.15) is 0 Å². The van der Waals surface area contributed by atoms with Crippen LogP contribution < -0.4 is 4.90 Å². The third-order valence-corrected chi connectivity index (χ3v) is 8.17. The molecule has 190 valence electrons. The van der Waals surface area contributed by atoms with E-state index >= 15 is 0 Å². The van der Waals surface area contributed by atoms with E-state index in [1.807, 2.05) is 0 Å². The summed E-state index contributed by atoms with van der Waals surface area (Å²) in [5.41, 5.74) is 1.02. The number of hydrogen-bond acceptors (Lipinski definition) is 6. The first-order chi connectivity index (χ1) is 17.4. The van der Waals surface area contributed by atoms with Gasteiger partial charge in [-0.15, -0.1) is 11.8 Å². The van der Waals surface area contributed by atoms with E-state index in [9.17, 15) is 23.9 Å². The van der Waals surface area contributed by atoms with Gasteiger partial charge in [-0.3, -0.25) is 14.6 Å². The quantitative estimate of drug-likeness (QED) is 0.631. The van der Waals surface area contributed by atoms with Crippen molar-refractivity contribution in [2.24, 2.45) is 5.92 Å². The maximum Gasteiger partial charge on any atom is 0.415 e. The maximum atomic E-state index is 14.8. The Morgan fingerprint density at radius 1 is 1.11 bits per heavy atom. The Morgan fingerprint density at radius 3 is 2.58 bits per heavy atom. The molecule has 0 spiro atoms. The SMILES string of the molecule is O=C(O)[C@@H]1CSCN1C(=O)c1cccc(CN(C(=O)O[C@H]2CN3CCC2CC3)c2ccccc2F)c1. The molecule has 0 aromatic heterocycles. The van der Waals surface area contributed by atoms with Gasteiger partial charge in [0.15, 0.2) is 0 Å². The van der Waals surface area contributed by atoms with E-state index in [2.05, 4.69) is 4.90 Å². The van der Waals surface area contributed by atoms with Gasteiger partial charge in [0.1, 0.15) is 18.0 Å². The molecule has 4 aliphatic rings. The van der Waals surface area contributed by atoms with Crippen molar-refractivity contribution in [1.29, 1.82) is 0 Å². The van der Waals surface area contributed by atoms with Crippen LogP contribution in [0.15, 0.2) is 48.5 Å². The number of carboxylic acid groups (broad SMARTS) is 1. The topological polar surface area (TPSA) is 90.4 Å². The summed E-state index contributed by atoms with van der Waals surface area (Å²) >= 11 is 1.39. The van der Waals surface area contributed by atoms with Crippen LogP contribution in [-0.2, 0) is 16.1 Å². The molecule has 2 aromatic carbocycles. The molecule has 10 heteroatoms. The van der Waals surface area contributed by atoms with Crippen molar-refractivity contribution < 1.29 is 28.6 Å². The second-order valence-corrected chi connectivity index (χ2v) is 10.4. The highest BCUT2D eigenvalue weighted by atomic mass is 32.2. The first-order valence-corrected chi connectivity index (χ1v) is 13.2. The molecule has 4 aliphatic heterocycles. The second-order valence-electron chi connectivity index (χ2n) is 9.43. The normalized spacial score (nSPS) is 25.0. The predicted octanol–water partition coefficient (Wildman–Crippen LogP) is 3.66. The van der Waals surface area contributed by atoms with Crippen LogP contribution in [0.2, 0.25) is 0 Å². The van der Waals surface area contributed by atoms with Crippen molar-refractivity contribution in [2.45, 2.75) is 31.5 Å². The molecular weight excluding hydrogens is 485 g/mol. The van der Waals surface area contributed by atoms with Crippen LogP contribution >= 0.6 is 11.8 Å². The zero-order chi connectivity index (χ0) is 25.2. The van der Waals surface area contributed by atoms with Crippen molar-refractivity contribution in [1.82, 2.24) is 9.80 Å². The van der Waals surface area contributed by atoms with Gasteiger partial charge in [0.25, 0.3) is 5.91 Å². The van der Waals surface area contributed by atoms with E-state index in [0.29, 0.717) is 35.2 Å². The average Bonchev–Trinajstić information content (AvgIpc) is 3.39. The number of piperidine rings is 3. The molecule has 1 N–H and O–H groups in total. The number of carboxylic acids is 1. The summed E-state index contributed by atoms with van der Waals surface area (Å²) < 4.78 is 20.7. The van der Waals surface area contributed by atoms with Gasteiger partial charge >= 0.3 is 12.1 Å². The van der Waals surface area contributed by atoms with Crippen LogP contribution in [0.5, 0.6) is 0 Å². The average molecular weight is 514 g/mol. The summed E-state index contributed by atoms with van der Waals surface area (Å²) in [6.07, 6.45) is 1.10. The van der Waals surface area contributed by atoms with Crippen LogP contribution in [0.1, 0.15) is 28.8 Å². The van der Waals surface area contributed by atoms with Crippen molar-refractivity contribution in [2.75, 3.05) is 36.2 Å². The standard InChI is InChI=1S/C26H28FN3O5S/c27-20-6-1-2-7-21(20)29(26(34)35-23-14-28-10-8-18(23)9-11-28)13-17-4-3-5-19(12-17)24(31)30-16-36-15-22(30)25(32)33/h1-7,12,18,22-23H,8-11,13-16H2,(H,32,33)/t22-,23-/m0/s1. The van der Waals surface area contributed by atoms with Gasteiger partial charge in [-0.05, 0) is 61.7 Å². The summed E-state index contributed by atoms with van der Waals surface area (Å²) in [5, 5.41) is 9.44. The molecule has 8 nitrogen and oxygen atoms in total. The molecule has 0 unspecified atom stereocenters. The Bertz CT molecular complexity index is 1160. The number of hydrogen-bond donors (Lipinski definition) is 1. The minimum Gasteiger partial charge on any atom is -0.480 e. The Hall–Kier alpha value is -3.11. The van der Waals surface area contributed by atoms with Gasteiger partial charge in [-0.1, -0.05) is 24.3 Å². The molecule has 2 atom stereocenters. The van der Waals surface area contributed by atoms with Crippen LogP contribution in [0.4, 0.5) is 14.9 Å². The van der Waals surface area contributed by atoms with Crippen LogP contribution in [0, 0.1) is 11.7 Å². The first-order valence-electron chi connectivity index (χ1n) is 12.1.